The van der Waals surface area contributed by atoms with Gasteiger partial charge >= 0.3 is 0 Å². The van der Waals surface area contributed by atoms with Gasteiger partial charge in [-0.1, -0.05) is 6.07 Å². The van der Waals surface area contributed by atoms with Gasteiger partial charge in [0.1, 0.15) is 6.04 Å². The molecule has 0 radical (unpaired) electrons. The molecule has 1 aromatic carbocycles. The number of ether oxygens (including phenoxy) is 2. The lowest BCUT2D eigenvalue weighted by Crippen LogP contribution is -2.54. The Labute approximate surface area is 179 Å². The smallest absolute Gasteiger partial charge is 0.264 e. The van der Waals surface area contributed by atoms with Gasteiger partial charge in [0.05, 0.1) is 30.0 Å². The van der Waals surface area contributed by atoms with E-state index in [4.69, 9.17) is 9.47 Å². The first kappa shape index (κ1) is 20.1. The Morgan fingerprint density at radius 2 is 1.71 bits per heavy atom. The zero-order valence-corrected chi connectivity index (χ0v) is 17.2. The maximum absolute atomic E-state index is 13.3. The number of nitrogens with zero attached hydrogens (tertiary/aromatic N) is 2. The number of carbonyl (C=O) groups excluding carboxylic acids is 4. The first-order valence-electron chi connectivity index (χ1n) is 10.9. The van der Waals surface area contributed by atoms with Crippen molar-refractivity contribution in [3.8, 4) is 0 Å². The van der Waals surface area contributed by atoms with Gasteiger partial charge in [-0.25, -0.2) is 0 Å². The maximum atomic E-state index is 13.3. The number of fused-ring (bicyclic) bond motifs is 1. The molecular weight excluding hydrogens is 402 g/mol. The Hall–Kier alpha value is -2.78. The molecule has 3 fully saturated rings. The Bertz CT molecular complexity index is 933. The lowest BCUT2D eigenvalue weighted by atomic mass is 9.92. The van der Waals surface area contributed by atoms with E-state index in [1.807, 2.05) is 6.07 Å². The Morgan fingerprint density at radius 3 is 2.42 bits per heavy atom. The highest BCUT2D eigenvalue weighted by Gasteiger charge is 2.46. The number of nitrogens with one attached hydrogen (secondary N) is 1. The molecule has 9 nitrogen and oxygen atoms in total. The van der Waals surface area contributed by atoms with E-state index < -0.39 is 23.8 Å². The van der Waals surface area contributed by atoms with Crippen LogP contribution in [0, 0.1) is 5.92 Å². The van der Waals surface area contributed by atoms with Crippen LogP contribution in [0.5, 0.6) is 0 Å². The summed E-state index contributed by atoms with van der Waals surface area (Å²) in [5.74, 6) is -1.41. The molecular formula is C22H25N3O6. The summed E-state index contributed by atoms with van der Waals surface area (Å²) < 4.78 is 11.1. The van der Waals surface area contributed by atoms with E-state index in [2.05, 4.69) is 10.2 Å². The SMILES string of the molecule is O=C1CCC(N2C(=O)c3cccc(N4CCC(CC5OCCO5)CC4)c3C2=O)C(=O)N1. The monoisotopic (exact) mass is 427 g/mol. The third kappa shape index (κ3) is 3.61. The summed E-state index contributed by atoms with van der Waals surface area (Å²) in [7, 11) is 0. The van der Waals surface area contributed by atoms with Crippen LogP contribution < -0.4 is 10.2 Å². The van der Waals surface area contributed by atoms with Crippen LogP contribution in [-0.2, 0) is 19.1 Å². The van der Waals surface area contributed by atoms with Crippen molar-refractivity contribution in [2.24, 2.45) is 5.92 Å². The number of hydrogen-bond donors (Lipinski definition) is 1. The second-order valence-corrected chi connectivity index (χ2v) is 8.48. The molecule has 0 bridgehead atoms. The molecule has 4 aliphatic heterocycles. The number of benzene rings is 1. The van der Waals surface area contributed by atoms with Crippen LogP contribution >= 0.6 is 0 Å². The summed E-state index contributed by atoms with van der Waals surface area (Å²) in [5, 5.41) is 2.23. The molecule has 5 rings (SSSR count). The fourth-order valence-corrected chi connectivity index (χ4v) is 4.99. The number of hydrogen-bond acceptors (Lipinski definition) is 7. The summed E-state index contributed by atoms with van der Waals surface area (Å²) >= 11 is 0. The first-order chi connectivity index (χ1) is 15.0. The van der Waals surface area contributed by atoms with Crippen molar-refractivity contribution in [1.82, 2.24) is 10.2 Å². The van der Waals surface area contributed by atoms with Crippen molar-refractivity contribution < 1.29 is 28.7 Å². The van der Waals surface area contributed by atoms with Gasteiger partial charge in [0.2, 0.25) is 11.8 Å². The Morgan fingerprint density at radius 1 is 0.968 bits per heavy atom. The number of amides is 4. The molecule has 3 saturated heterocycles. The number of anilines is 1. The van der Waals surface area contributed by atoms with Gasteiger partial charge in [-0.05, 0) is 37.3 Å². The van der Waals surface area contributed by atoms with E-state index in [0.717, 1.165) is 42.9 Å². The van der Waals surface area contributed by atoms with Gasteiger partial charge in [-0.15, -0.1) is 0 Å². The van der Waals surface area contributed by atoms with Crippen LogP contribution in [0.25, 0.3) is 0 Å². The highest BCUT2D eigenvalue weighted by Crippen LogP contribution is 2.36. The van der Waals surface area contributed by atoms with Gasteiger partial charge in [-0.2, -0.15) is 0 Å². The van der Waals surface area contributed by atoms with Crippen LogP contribution in [0.2, 0.25) is 0 Å². The summed E-state index contributed by atoms with van der Waals surface area (Å²) in [6.45, 7) is 2.85. The minimum atomic E-state index is -0.949. The molecule has 0 aliphatic carbocycles. The van der Waals surface area contributed by atoms with Crippen LogP contribution in [0.15, 0.2) is 18.2 Å². The van der Waals surface area contributed by atoms with Crippen molar-refractivity contribution in [2.75, 3.05) is 31.2 Å². The van der Waals surface area contributed by atoms with E-state index in [0.29, 0.717) is 30.3 Å². The standard InChI is InChI=1S/C22H25N3O6/c26-17-5-4-16(20(27)23-17)25-21(28)14-2-1-3-15(19(14)22(25)29)24-8-6-13(7-9-24)12-18-30-10-11-31-18/h1-3,13,16,18H,4-12H2,(H,23,26,27). The first-order valence-corrected chi connectivity index (χ1v) is 10.9. The summed E-state index contributed by atoms with van der Waals surface area (Å²) in [6.07, 6.45) is 2.93. The molecule has 0 spiro atoms. The van der Waals surface area contributed by atoms with Crippen LogP contribution in [-0.4, -0.2) is 67.2 Å². The minimum Gasteiger partial charge on any atom is -0.371 e. The van der Waals surface area contributed by atoms with Crippen LogP contribution in [0.3, 0.4) is 0 Å². The number of piperidine rings is 2. The van der Waals surface area contributed by atoms with E-state index >= 15 is 0 Å². The van der Waals surface area contributed by atoms with E-state index in [9.17, 15) is 19.2 Å². The quantitative estimate of drug-likeness (QED) is 0.717. The zero-order valence-electron chi connectivity index (χ0n) is 17.2. The van der Waals surface area contributed by atoms with E-state index in [1.54, 1.807) is 12.1 Å². The van der Waals surface area contributed by atoms with E-state index in [-0.39, 0.29) is 25.0 Å². The zero-order chi connectivity index (χ0) is 21.5. The van der Waals surface area contributed by atoms with Gasteiger partial charge < -0.3 is 14.4 Å². The summed E-state index contributed by atoms with van der Waals surface area (Å²) in [6, 6.07) is 4.32. The molecule has 4 aliphatic rings. The van der Waals surface area contributed by atoms with Gasteiger partial charge in [-0.3, -0.25) is 29.4 Å². The van der Waals surface area contributed by atoms with Crippen LogP contribution in [0.1, 0.15) is 52.8 Å². The number of rotatable bonds is 4. The lowest BCUT2D eigenvalue weighted by molar-refractivity contribution is -0.136. The molecule has 0 saturated carbocycles. The van der Waals surface area contributed by atoms with Crippen molar-refractivity contribution in [3.63, 3.8) is 0 Å². The third-order valence-corrected chi connectivity index (χ3v) is 6.62. The molecule has 1 unspecified atom stereocenters. The molecule has 1 aromatic rings. The summed E-state index contributed by atoms with van der Waals surface area (Å²) in [4.78, 5) is 53.2. The minimum absolute atomic E-state index is 0.110. The molecule has 1 N–H and O–H groups in total. The largest absolute Gasteiger partial charge is 0.371 e. The third-order valence-electron chi connectivity index (χ3n) is 6.62. The van der Waals surface area contributed by atoms with Gasteiger partial charge in [0, 0.05) is 25.9 Å². The molecule has 9 heteroatoms. The fraction of sp³-hybridized carbons (Fsp3) is 0.545. The molecule has 0 aromatic heterocycles. The maximum Gasteiger partial charge on any atom is 0.264 e. The topological polar surface area (TPSA) is 105 Å². The normalized spacial score (nSPS) is 25.4. The second kappa shape index (κ2) is 8.05. The predicted molar refractivity (Wildman–Crippen MR) is 108 cm³/mol. The van der Waals surface area contributed by atoms with Crippen LogP contribution in [0.4, 0.5) is 5.69 Å². The van der Waals surface area contributed by atoms with Gasteiger partial charge in [0.25, 0.3) is 11.8 Å². The molecule has 1 atom stereocenters. The second-order valence-electron chi connectivity index (χ2n) is 8.48. The fourth-order valence-electron chi connectivity index (χ4n) is 4.99. The van der Waals surface area contributed by atoms with Crippen molar-refractivity contribution in [1.29, 1.82) is 0 Å². The number of imide groups is 2. The lowest BCUT2D eigenvalue weighted by Gasteiger charge is -2.35. The highest BCUT2D eigenvalue weighted by molar-refractivity contribution is 6.25. The Kier molecular flexibility index (Phi) is 5.23. The average Bonchev–Trinajstić information content (AvgIpc) is 3.36. The van der Waals surface area contributed by atoms with Crippen molar-refractivity contribution in [3.05, 3.63) is 29.3 Å². The molecule has 4 amide bonds. The molecule has 164 valence electrons. The molecule has 31 heavy (non-hydrogen) atoms. The summed E-state index contributed by atoms with van der Waals surface area (Å²) in [5.41, 5.74) is 1.41. The number of carbonyl (C=O) groups is 4. The van der Waals surface area contributed by atoms with Gasteiger partial charge in [0.15, 0.2) is 6.29 Å². The van der Waals surface area contributed by atoms with Crippen molar-refractivity contribution >= 4 is 29.3 Å². The van der Waals surface area contributed by atoms with Crippen molar-refractivity contribution in [2.45, 2.75) is 44.4 Å². The predicted octanol–water partition coefficient (Wildman–Crippen LogP) is 1.07. The Balaban J connectivity index is 1.33. The van der Waals surface area contributed by atoms with E-state index in [1.165, 1.54) is 0 Å². The highest BCUT2D eigenvalue weighted by atomic mass is 16.7. The molecule has 4 heterocycles. The average molecular weight is 427 g/mol.